The van der Waals surface area contributed by atoms with Crippen LogP contribution in [0.2, 0.25) is 0 Å². The van der Waals surface area contributed by atoms with E-state index < -0.39 is 5.60 Å². The molecule has 0 radical (unpaired) electrons. The minimum atomic E-state index is -0.640. The lowest BCUT2D eigenvalue weighted by Gasteiger charge is -2.38. The molecule has 0 bridgehead atoms. The lowest BCUT2D eigenvalue weighted by Crippen LogP contribution is -2.45. The molecule has 0 spiro atoms. The van der Waals surface area contributed by atoms with Crippen LogP contribution in [0.25, 0.3) is 0 Å². The number of benzene rings is 1. The average Bonchev–Trinajstić information content (AvgIpc) is 2.55. The van der Waals surface area contributed by atoms with Gasteiger partial charge in [-0.2, -0.15) is 0 Å². The Kier molecular flexibility index (Phi) is 6.41. The molecular weight excluding hydrogens is 300 g/mol. The van der Waals surface area contributed by atoms with E-state index in [0.717, 1.165) is 43.7 Å². The minimum Gasteiger partial charge on any atom is -0.390 e. The van der Waals surface area contributed by atoms with Gasteiger partial charge < -0.3 is 14.9 Å². The van der Waals surface area contributed by atoms with Gasteiger partial charge in [0.05, 0.1) is 5.60 Å². The van der Waals surface area contributed by atoms with Gasteiger partial charge in [-0.15, -0.1) is 0 Å². The highest BCUT2D eigenvalue weighted by Crippen LogP contribution is 2.27. The zero-order valence-corrected chi connectivity index (χ0v) is 15.6. The summed E-state index contributed by atoms with van der Waals surface area (Å²) in [5.74, 6) is 0.470. The van der Waals surface area contributed by atoms with Crippen LogP contribution in [-0.4, -0.2) is 47.7 Å². The Hall–Kier alpha value is -1.39. The van der Waals surface area contributed by atoms with Gasteiger partial charge >= 0.3 is 0 Å². The number of carbonyl (C=O) groups is 1. The van der Waals surface area contributed by atoms with E-state index in [9.17, 15) is 9.90 Å². The number of nitrogens with zero attached hydrogens (tertiary/aromatic N) is 2. The summed E-state index contributed by atoms with van der Waals surface area (Å²) >= 11 is 0. The van der Waals surface area contributed by atoms with E-state index in [1.54, 1.807) is 0 Å². The summed E-state index contributed by atoms with van der Waals surface area (Å²) in [5, 5.41) is 10.2. The Bertz CT molecular complexity index is 551. The van der Waals surface area contributed by atoms with E-state index in [1.165, 1.54) is 0 Å². The quantitative estimate of drug-likeness (QED) is 0.870. The van der Waals surface area contributed by atoms with Crippen molar-refractivity contribution in [3.8, 4) is 0 Å². The van der Waals surface area contributed by atoms with E-state index in [4.69, 9.17) is 0 Å². The van der Waals surface area contributed by atoms with Crippen LogP contribution in [0.3, 0.4) is 0 Å². The van der Waals surface area contributed by atoms with Crippen molar-refractivity contribution in [2.75, 3.05) is 31.1 Å². The molecule has 1 atom stereocenters. The first kappa shape index (κ1) is 18.9. The van der Waals surface area contributed by atoms with Crippen LogP contribution >= 0.6 is 0 Å². The predicted octanol–water partition coefficient (Wildman–Crippen LogP) is 3.22. The van der Waals surface area contributed by atoms with E-state index in [2.05, 4.69) is 4.90 Å². The van der Waals surface area contributed by atoms with Crippen LogP contribution in [0.15, 0.2) is 24.3 Å². The van der Waals surface area contributed by atoms with Gasteiger partial charge in [-0.05, 0) is 64.6 Å². The van der Waals surface area contributed by atoms with Crippen molar-refractivity contribution in [3.05, 3.63) is 29.8 Å². The van der Waals surface area contributed by atoms with E-state index >= 15 is 0 Å². The van der Waals surface area contributed by atoms with Crippen LogP contribution < -0.4 is 4.90 Å². The molecule has 1 aliphatic rings. The van der Waals surface area contributed by atoms with E-state index in [1.807, 2.05) is 56.9 Å². The number of rotatable bonds is 6. The highest BCUT2D eigenvalue weighted by molar-refractivity contribution is 5.94. The fourth-order valence-electron chi connectivity index (χ4n) is 3.57. The summed E-state index contributed by atoms with van der Waals surface area (Å²) in [6.07, 6.45) is 2.69. The number of para-hydroxylation sites is 1. The molecule has 0 unspecified atom stereocenters. The van der Waals surface area contributed by atoms with Gasteiger partial charge in [-0.3, -0.25) is 4.79 Å². The topological polar surface area (TPSA) is 43.8 Å². The number of aliphatic hydroxyl groups is 1. The van der Waals surface area contributed by atoms with Gasteiger partial charge in [-0.25, -0.2) is 0 Å². The first-order chi connectivity index (χ1) is 11.3. The zero-order valence-electron chi connectivity index (χ0n) is 15.6. The summed E-state index contributed by atoms with van der Waals surface area (Å²) in [5.41, 5.74) is 1.50. The molecule has 1 N–H and O–H groups in total. The van der Waals surface area contributed by atoms with Gasteiger partial charge in [0.2, 0.25) is 5.91 Å². The highest BCUT2D eigenvalue weighted by atomic mass is 16.3. The van der Waals surface area contributed by atoms with Gasteiger partial charge in [0.25, 0.3) is 0 Å². The number of piperidine rings is 1. The van der Waals surface area contributed by atoms with E-state index in [-0.39, 0.29) is 5.91 Å². The third-order valence-corrected chi connectivity index (χ3v) is 5.17. The maximum absolute atomic E-state index is 12.7. The molecule has 24 heavy (non-hydrogen) atoms. The van der Waals surface area contributed by atoms with E-state index in [0.29, 0.717) is 18.9 Å². The lowest BCUT2D eigenvalue weighted by atomic mass is 9.84. The van der Waals surface area contributed by atoms with Crippen LogP contribution in [-0.2, 0) is 4.79 Å². The number of likely N-dealkylation sites (tertiary alicyclic amines) is 1. The zero-order chi connectivity index (χ0) is 17.7. The van der Waals surface area contributed by atoms with Crippen molar-refractivity contribution >= 4 is 11.6 Å². The fraction of sp³-hybridized carbons (Fsp3) is 0.650. The Labute approximate surface area is 146 Å². The number of hydrogen-bond acceptors (Lipinski definition) is 3. The van der Waals surface area contributed by atoms with Gasteiger partial charge in [0.1, 0.15) is 0 Å². The van der Waals surface area contributed by atoms with Crippen molar-refractivity contribution in [2.24, 2.45) is 5.92 Å². The summed E-state index contributed by atoms with van der Waals surface area (Å²) < 4.78 is 0. The number of aryl methyl sites for hydroxylation is 1. The highest BCUT2D eigenvalue weighted by Gasteiger charge is 2.31. The molecule has 1 aromatic rings. The SMILES string of the molecule is CCN(C(=O)CCN1CCC[C@H](C(C)(C)O)C1)c1ccccc1C. The monoisotopic (exact) mass is 332 g/mol. The third-order valence-electron chi connectivity index (χ3n) is 5.17. The molecule has 0 saturated carbocycles. The van der Waals surface area contributed by atoms with Crippen LogP contribution in [0.5, 0.6) is 0 Å². The summed E-state index contributed by atoms with van der Waals surface area (Å²) in [7, 11) is 0. The molecule has 0 aliphatic carbocycles. The molecule has 1 saturated heterocycles. The summed E-state index contributed by atoms with van der Waals surface area (Å²) in [6, 6.07) is 8.05. The second-order valence-electron chi connectivity index (χ2n) is 7.47. The van der Waals surface area contributed by atoms with Crippen molar-refractivity contribution < 1.29 is 9.90 Å². The van der Waals surface area contributed by atoms with Gasteiger partial charge in [-0.1, -0.05) is 18.2 Å². The maximum Gasteiger partial charge on any atom is 0.228 e. The molecule has 134 valence electrons. The first-order valence-electron chi connectivity index (χ1n) is 9.13. The Morgan fingerprint density at radius 2 is 2.08 bits per heavy atom. The molecule has 0 aromatic heterocycles. The van der Waals surface area contributed by atoms with Crippen molar-refractivity contribution in [1.82, 2.24) is 4.90 Å². The molecule has 1 amide bonds. The van der Waals surface area contributed by atoms with Crippen molar-refractivity contribution in [3.63, 3.8) is 0 Å². The fourth-order valence-corrected chi connectivity index (χ4v) is 3.57. The molecule has 4 nitrogen and oxygen atoms in total. The standard InChI is InChI=1S/C20H32N2O2/c1-5-22(18-11-7-6-9-16(18)2)19(23)12-14-21-13-8-10-17(15-21)20(3,4)24/h6-7,9,11,17,24H,5,8,10,12-15H2,1-4H3/t17-/m0/s1. The van der Waals surface area contributed by atoms with Crippen LogP contribution in [0.4, 0.5) is 5.69 Å². The third kappa shape index (κ3) is 4.81. The number of hydrogen-bond donors (Lipinski definition) is 1. The summed E-state index contributed by atoms with van der Waals surface area (Å²) in [4.78, 5) is 16.9. The molecule has 4 heteroatoms. The molecule has 1 aliphatic heterocycles. The maximum atomic E-state index is 12.7. The molecule has 1 aromatic carbocycles. The summed E-state index contributed by atoms with van der Waals surface area (Å²) in [6.45, 7) is 11.2. The predicted molar refractivity (Wildman–Crippen MR) is 99.3 cm³/mol. The second-order valence-corrected chi connectivity index (χ2v) is 7.47. The van der Waals surface area contributed by atoms with Crippen molar-refractivity contribution in [2.45, 2.75) is 52.6 Å². The number of anilines is 1. The van der Waals surface area contributed by atoms with Gasteiger partial charge in [0.15, 0.2) is 0 Å². The number of amides is 1. The Morgan fingerprint density at radius 3 is 2.71 bits per heavy atom. The number of carbonyl (C=O) groups excluding carboxylic acids is 1. The lowest BCUT2D eigenvalue weighted by molar-refractivity contribution is -0.119. The van der Waals surface area contributed by atoms with Crippen molar-refractivity contribution in [1.29, 1.82) is 0 Å². The molecule has 1 heterocycles. The normalized spacial score (nSPS) is 19.3. The Morgan fingerprint density at radius 1 is 1.38 bits per heavy atom. The Balaban J connectivity index is 1.93. The van der Waals surface area contributed by atoms with Gasteiger partial charge in [0, 0.05) is 31.7 Å². The molecular formula is C20H32N2O2. The molecule has 2 rings (SSSR count). The molecule has 1 fully saturated rings. The minimum absolute atomic E-state index is 0.178. The average molecular weight is 332 g/mol. The van der Waals surface area contributed by atoms with Crippen LogP contribution in [0, 0.1) is 12.8 Å². The first-order valence-corrected chi connectivity index (χ1v) is 9.13. The largest absolute Gasteiger partial charge is 0.390 e. The smallest absolute Gasteiger partial charge is 0.228 e. The second kappa shape index (κ2) is 8.13. The van der Waals surface area contributed by atoms with Crippen LogP contribution in [0.1, 0.15) is 45.6 Å².